The lowest BCUT2D eigenvalue weighted by Gasteiger charge is -2.40. The monoisotopic (exact) mass is 580 g/mol. The van der Waals surface area contributed by atoms with Crippen LogP contribution in [0.2, 0.25) is 5.02 Å². The molecule has 1 fully saturated rings. The van der Waals surface area contributed by atoms with Crippen molar-refractivity contribution in [3.05, 3.63) is 100 Å². The highest BCUT2D eigenvalue weighted by molar-refractivity contribution is 6.31. The van der Waals surface area contributed by atoms with E-state index in [9.17, 15) is 14.4 Å². The summed E-state index contributed by atoms with van der Waals surface area (Å²) in [4.78, 5) is 46.0. The summed E-state index contributed by atoms with van der Waals surface area (Å²) < 4.78 is 0. The van der Waals surface area contributed by atoms with Crippen LogP contribution in [0.25, 0.3) is 5.57 Å². The van der Waals surface area contributed by atoms with E-state index in [1.54, 1.807) is 0 Å². The van der Waals surface area contributed by atoms with Crippen molar-refractivity contribution in [2.24, 2.45) is 17.3 Å². The molecule has 1 amide bonds. The normalized spacial score (nSPS) is 24.3. The summed E-state index contributed by atoms with van der Waals surface area (Å²) in [5.74, 6) is -1.00. The molecule has 0 radical (unpaired) electrons. The number of nitrogens with one attached hydrogen (secondary N) is 1. The molecular formula is C36H37ClN2O3. The maximum absolute atomic E-state index is 14.9. The minimum absolute atomic E-state index is 0.0785. The molecule has 3 aliphatic heterocycles. The van der Waals surface area contributed by atoms with Crippen LogP contribution in [0.3, 0.4) is 0 Å². The van der Waals surface area contributed by atoms with Crippen LogP contribution in [0.4, 0.5) is 11.4 Å². The quantitative estimate of drug-likeness (QED) is 0.317. The van der Waals surface area contributed by atoms with E-state index in [1.807, 2.05) is 99.3 Å². The van der Waals surface area contributed by atoms with Gasteiger partial charge in [-0.2, -0.15) is 0 Å². The van der Waals surface area contributed by atoms with Crippen LogP contribution < -0.4 is 10.2 Å². The lowest BCUT2D eigenvalue weighted by molar-refractivity contribution is -0.128. The van der Waals surface area contributed by atoms with Gasteiger partial charge in [-0.3, -0.25) is 14.4 Å². The standard InChI is InChI=1S/C36H37ClN2O3/c1-20(2)17-22-11-13-23(14-12-22)32(40)30-31(33(41)35(4,5)6)39-28-16-15-24(37)19-25(28)21(3)18-29(39)36(30)26-9-7-8-10-27(26)38-34(36)42/h7-16,18-20,29-31H,17H2,1-6H3,(H,38,42)/t29-,30-,31-,36+/m0/s1. The SMILES string of the molecule is CC1=C[C@@H]2N(c3ccc(Cl)cc31)[C@H](C(=O)C(C)(C)C)[C@@H](C(=O)c1ccc(CC(C)C)cc1)[C@]21C(=O)Nc2ccccc21. The Kier molecular flexibility index (Phi) is 6.73. The number of allylic oxidation sites excluding steroid dienone is 1. The number of amides is 1. The second kappa shape index (κ2) is 9.95. The van der Waals surface area contributed by atoms with Crippen molar-refractivity contribution >= 4 is 46.0 Å². The predicted octanol–water partition coefficient (Wildman–Crippen LogP) is 7.52. The van der Waals surface area contributed by atoms with Gasteiger partial charge in [-0.1, -0.05) is 94.8 Å². The van der Waals surface area contributed by atoms with E-state index in [-0.39, 0.29) is 17.5 Å². The van der Waals surface area contributed by atoms with Gasteiger partial charge in [0.05, 0.1) is 12.0 Å². The first-order valence-electron chi connectivity index (χ1n) is 14.7. The van der Waals surface area contributed by atoms with Gasteiger partial charge in [-0.25, -0.2) is 0 Å². The molecule has 0 saturated carbocycles. The number of carbonyl (C=O) groups is 3. The molecule has 3 aromatic rings. The Labute approximate surface area is 253 Å². The van der Waals surface area contributed by atoms with Crippen molar-refractivity contribution in [3.8, 4) is 0 Å². The summed E-state index contributed by atoms with van der Waals surface area (Å²) in [6, 6.07) is 19.5. The largest absolute Gasteiger partial charge is 0.352 e. The lowest BCUT2D eigenvalue weighted by atomic mass is 9.63. The number of hydrogen-bond acceptors (Lipinski definition) is 4. The van der Waals surface area contributed by atoms with Gasteiger partial charge < -0.3 is 10.2 Å². The average Bonchev–Trinajstić information content (AvgIpc) is 3.40. The smallest absolute Gasteiger partial charge is 0.238 e. The van der Waals surface area contributed by atoms with Crippen molar-refractivity contribution in [3.63, 3.8) is 0 Å². The summed E-state index contributed by atoms with van der Waals surface area (Å²) in [7, 11) is 0. The highest BCUT2D eigenvalue weighted by Gasteiger charge is 2.71. The van der Waals surface area contributed by atoms with E-state index in [2.05, 4.69) is 25.2 Å². The number of carbonyl (C=O) groups excluding carboxylic acids is 3. The molecule has 0 aromatic heterocycles. The van der Waals surface area contributed by atoms with Crippen LogP contribution in [-0.2, 0) is 21.4 Å². The molecule has 1 saturated heterocycles. The number of rotatable bonds is 5. The fourth-order valence-electron chi connectivity index (χ4n) is 7.30. The van der Waals surface area contributed by atoms with Crippen LogP contribution >= 0.6 is 11.6 Å². The Morgan fingerprint density at radius 1 is 1.02 bits per heavy atom. The zero-order valence-corrected chi connectivity index (χ0v) is 25.8. The van der Waals surface area contributed by atoms with E-state index in [0.717, 1.165) is 34.4 Å². The number of hydrogen-bond donors (Lipinski definition) is 1. The number of benzene rings is 3. The molecule has 3 aromatic carbocycles. The number of fused-ring (bicyclic) bond motifs is 6. The number of Topliss-reactive ketones (excluding diaryl/α,β-unsaturated/α-hetero) is 2. The molecule has 1 N–H and O–H groups in total. The molecule has 42 heavy (non-hydrogen) atoms. The minimum atomic E-state index is -1.31. The van der Waals surface area contributed by atoms with E-state index < -0.39 is 28.8 Å². The van der Waals surface area contributed by atoms with E-state index in [4.69, 9.17) is 11.6 Å². The first kappa shape index (κ1) is 28.4. The van der Waals surface area contributed by atoms with Gasteiger partial charge in [-0.15, -0.1) is 0 Å². The van der Waals surface area contributed by atoms with E-state index in [1.165, 1.54) is 0 Å². The maximum Gasteiger partial charge on any atom is 0.238 e. The van der Waals surface area contributed by atoms with Crippen LogP contribution in [0.1, 0.15) is 68.6 Å². The zero-order valence-electron chi connectivity index (χ0n) is 25.0. The fourth-order valence-corrected chi connectivity index (χ4v) is 7.48. The zero-order chi connectivity index (χ0) is 30.1. The minimum Gasteiger partial charge on any atom is -0.352 e. The van der Waals surface area contributed by atoms with Crippen molar-refractivity contribution < 1.29 is 14.4 Å². The third kappa shape index (κ3) is 4.16. The van der Waals surface area contributed by atoms with Crippen LogP contribution in [0.15, 0.2) is 72.8 Å². The molecule has 216 valence electrons. The Hall–Kier alpha value is -3.70. The lowest BCUT2D eigenvalue weighted by Crippen LogP contribution is -2.51. The summed E-state index contributed by atoms with van der Waals surface area (Å²) in [5, 5.41) is 3.69. The van der Waals surface area contributed by atoms with Gasteiger partial charge in [0.2, 0.25) is 5.91 Å². The highest BCUT2D eigenvalue weighted by Crippen LogP contribution is 2.59. The Morgan fingerprint density at radius 2 is 1.71 bits per heavy atom. The van der Waals surface area contributed by atoms with Crippen molar-refractivity contribution in [1.29, 1.82) is 0 Å². The summed E-state index contributed by atoms with van der Waals surface area (Å²) in [5.41, 5.74) is 3.69. The second-order valence-corrected chi connectivity index (χ2v) is 13.9. The molecule has 0 aliphatic carbocycles. The highest BCUT2D eigenvalue weighted by atomic mass is 35.5. The number of anilines is 2. The topological polar surface area (TPSA) is 66.5 Å². The molecule has 6 rings (SSSR count). The van der Waals surface area contributed by atoms with Crippen LogP contribution in [0.5, 0.6) is 0 Å². The fraction of sp³-hybridized carbons (Fsp3) is 0.361. The molecule has 5 nitrogen and oxygen atoms in total. The number of ketones is 2. The molecule has 0 unspecified atom stereocenters. The first-order valence-corrected chi connectivity index (χ1v) is 15.1. The number of para-hydroxylation sites is 1. The van der Waals surface area contributed by atoms with Gasteiger partial charge in [-0.05, 0) is 60.2 Å². The van der Waals surface area contributed by atoms with E-state index >= 15 is 0 Å². The van der Waals surface area contributed by atoms with Crippen molar-refractivity contribution in [2.75, 3.05) is 10.2 Å². The van der Waals surface area contributed by atoms with E-state index in [0.29, 0.717) is 22.2 Å². The molecule has 3 aliphatic rings. The molecule has 0 bridgehead atoms. The average molecular weight is 581 g/mol. The summed E-state index contributed by atoms with van der Waals surface area (Å²) in [6.07, 6.45) is 2.96. The van der Waals surface area contributed by atoms with Gasteiger partial charge in [0.1, 0.15) is 11.5 Å². The Bertz CT molecular complexity index is 1650. The third-order valence-corrected chi connectivity index (χ3v) is 9.35. The number of halogens is 1. The molecule has 6 heteroatoms. The third-order valence-electron chi connectivity index (χ3n) is 9.11. The molecule has 3 heterocycles. The molecule has 1 spiro atoms. The van der Waals surface area contributed by atoms with Crippen LogP contribution in [-0.4, -0.2) is 29.6 Å². The summed E-state index contributed by atoms with van der Waals surface area (Å²) >= 11 is 6.44. The predicted molar refractivity (Wildman–Crippen MR) is 169 cm³/mol. The van der Waals surface area contributed by atoms with Crippen LogP contribution in [0, 0.1) is 17.3 Å². The molecular weight excluding hydrogens is 544 g/mol. The van der Waals surface area contributed by atoms with Gasteiger partial charge in [0, 0.05) is 32.9 Å². The Balaban J connectivity index is 1.64. The maximum atomic E-state index is 14.9. The van der Waals surface area contributed by atoms with Gasteiger partial charge >= 0.3 is 0 Å². The molecule has 4 atom stereocenters. The van der Waals surface area contributed by atoms with Gasteiger partial charge in [0.15, 0.2) is 11.6 Å². The summed E-state index contributed by atoms with van der Waals surface area (Å²) in [6.45, 7) is 12.0. The number of nitrogens with zero attached hydrogens (tertiary/aromatic N) is 1. The van der Waals surface area contributed by atoms with Crippen molar-refractivity contribution in [2.45, 2.75) is 65.5 Å². The second-order valence-electron chi connectivity index (χ2n) is 13.4. The van der Waals surface area contributed by atoms with Crippen molar-refractivity contribution in [1.82, 2.24) is 0 Å². The Morgan fingerprint density at radius 3 is 2.38 bits per heavy atom. The first-order chi connectivity index (χ1) is 19.9. The van der Waals surface area contributed by atoms with Gasteiger partial charge in [0.25, 0.3) is 0 Å².